The van der Waals surface area contributed by atoms with Gasteiger partial charge in [0.15, 0.2) is 18.1 Å². The molecule has 1 aliphatic heterocycles. The molecular weight excluding hydrogens is 551 g/mol. The van der Waals surface area contributed by atoms with E-state index in [2.05, 4.69) is 32.6 Å². The number of anilines is 1. The largest absolute Gasteiger partial charge is 0.486 e. The molecule has 0 aromatic heterocycles. The number of hydrogen-bond acceptors (Lipinski definition) is 7. The van der Waals surface area contributed by atoms with Crippen LogP contribution in [0.25, 0.3) is 0 Å². The van der Waals surface area contributed by atoms with E-state index in [0.29, 0.717) is 30.4 Å². The van der Waals surface area contributed by atoms with Gasteiger partial charge < -0.3 is 19.5 Å². The van der Waals surface area contributed by atoms with Crippen LogP contribution in [0.5, 0.6) is 11.5 Å². The van der Waals surface area contributed by atoms with Gasteiger partial charge in [0.05, 0.1) is 4.90 Å². The minimum Gasteiger partial charge on any atom is -0.486 e. The summed E-state index contributed by atoms with van der Waals surface area (Å²) < 4.78 is 44.9. The highest BCUT2D eigenvalue weighted by atomic mass is 127. The first kappa shape index (κ1) is 24.3. The minimum atomic E-state index is -4.06. The van der Waals surface area contributed by atoms with Crippen molar-refractivity contribution in [3.8, 4) is 11.5 Å². The van der Waals surface area contributed by atoms with Crippen LogP contribution in [0, 0.1) is 9.49 Å². The topological polar surface area (TPSA) is 120 Å². The Morgan fingerprint density at radius 3 is 2.50 bits per heavy atom. The van der Waals surface area contributed by atoms with E-state index in [-0.39, 0.29) is 4.90 Å². The first-order valence-corrected chi connectivity index (χ1v) is 12.4. The highest BCUT2D eigenvalue weighted by Crippen LogP contribution is 2.32. The summed E-state index contributed by atoms with van der Waals surface area (Å²) >= 11 is 2.11. The smallest absolute Gasteiger partial charge is 0.324 e. The Morgan fingerprint density at radius 2 is 1.81 bits per heavy atom. The third-order valence-corrected chi connectivity index (χ3v) is 6.59. The zero-order valence-corrected chi connectivity index (χ0v) is 20.4. The van der Waals surface area contributed by atoms with Crippen molar-refractivity contribution < 1.29 is 32.2 Å². The summed E-state index contributed by atoms with van der Waals surface area (Å²) in [5.41, 5.74) is 0.567. The van der Waals surface area contributed by atoms with Gasteiger partial charge in [-0.15, -0.1) is 0 Å². The van der Waals surface area contributed by atoms with Gasteiger partial charge in [-0.2, -0.15) is 4.72 Å². The quantitative estimate of drug-likeness (QED) is 0.368. The molecular formula is C21H23IN2O7S. The normalized spacial score (nSPS) is 14.0. The predicted octanol–water partition coefficient (Wildman–Crippen LogP) is 2.55. The van der Waals surface area contributed by atoms with Crippen molar-refractivity contribution in [1.29, 1.82) is 0 Å². The number of hydrogen-bond donors (Lipinski definition) is 2. The minimum absolute atomic E-state index is 0.0726. The summed E-state index contributed by atoms with van der Waals surface area (Å²) in [5, 5.41) is 2.62. The molecule has 1 heterocycles. The molecule has 11 heteroatoms. The highest BCUT2D eigenvalue weighted by molar-refractivity contribution is 14.1. The monoisotopic (exact) mass is 574 g/mol. The van der Waals surface area contributed by atoms with Crippen molar-refractivity contribution in [2.24, 2.45) is 5.92 Å². The number of nitrogens with one attached hydrogen (secondary N) is 2. The Bertz CT molecular complexity index is 1110. The molecule has 1 atom stereocenters. The molecule has 0 radical (unpaired) electrons. The average Bonchev–Trinajstić information content (AvgIpc) is 2.75. The van der Waals surface area contributed by atoms with Crippen LogP contribution in [0.15, 0.2) is 47.4 Å². The maximum Gasteiger partial charge on any atom is 0.324 e. The average molecular weight is 574 g/mol. The number of benzene rings is 2. The van der Waals surface area contributed by atoms with Crippen molar-refractivity contribution >= 4 is 50.2 Å². The number of rotatable bonds is 8. The molecule has 0 unspecified atom stereocenters. The van der Waals surface area contributed by atoms with Gasteiger partial charge in [0.25, 0.3) is 5.91 Å². The van der Waals surface area contributed by atoms with Crippen LogP contribution >= 0.6 is 22.6 Å². The van der Waals surface area contributed by atoms with Gasteiger partial charge in [-0.05, 0) is 58.8 Å². The van der Waals surface area contributed by atoms with Gasteiger partial charge in [0.1, 0.15) is 19.3 Å². The van der Waals surface area contributed by atoms with Crippen LogP contribution in [0.4, 0.5) is 5.69 Å². The molecule has 0 saturated heterocycles. The van der Waals surface area contributed by atoms with Gasteiger partial charge >= 0.3 is 5.97 Å². The number of fused-ring (bicyclic) bond motifs is 1. The Kier molecular flexibility index (Phi) is 7.96. The maximum absolute atomic E-state index is 12.9. The standard InChI is InChI=1S/C21H23IN2O7S/c1-13(2)20(21(26)31-12-19(25)23-15-5-3-4-14(22)10-15)24-32(27,28)16-6-7-17-18(11-16)30-9-8-29-17/h3-7,10-11,13,20,24H,8-9,12H2,1-2H3,(H,23,25)/t20-/m1/s1. The number of ether oxygens (including phenoxy) is 3. The second-order valence-electron chi connectivity index (χ2n) is 7.31. The van der Waals surface area contributed by atoms with Gasteiger partial charge in [0, 0.05) is 15.3 Å². The van der Waals surface area contributed by atoms with Crippen molar-refractivity contribution in [2.75, 3.05) is 25.1 Å². The van der Waals surface area contributed by atoms with Crippen LogP contribution in [-0.4, -0.2) is 46.2 Å². The number of carbonyl (C=O) groups excluding carboxylic acids is 2. The van der Waals surface area contributed by atoms with E-state index in [1.54, 1.807) is 32.0 Å². The number of halogens is 1. The van der Waals surface area contributed by atoms with Gasteiger partial charge in [0.2, 0.25) is 10.0 Å². The third kappa shape index (κ3) is 6.33. The number of sulfonamides is 1. The number of carbonyl (C=O) groups is 2. The molecule has 0 fully saturated rings. The van der Waals surface area contributed by atoms with Crippen LogP contribution < -0.4 is 19.5 Å². The Morgan fingerprint density at radius 1 is 1.09 bits per heavy atom. The molecule has 3 rings (SSSR count). The second-order valence-corrected chi connectivity index (χ2v) is 10.3. The van der Waals surface area contributed by atoms with Crippen LogP contribution in [0.2, 0.25) is 0 Å². The van der Waals surface area contributed by atoms with Crippen molar-refractivity contribution in [2.45, 2.75) is 24.8 Å². The van der Waals surface area contributed by atoms with Crippen LogP contribution in [-0.2, 0) is 24.3 Å². The second kappa shape index (κ2) is 10.5. The molecule has 32 heavy (non-hydrogen) atoms. The fourth-order valence-electron chi connectivity index (χ4n) is 2.87. The predicted molar refractivity (Wildman–Crippen MR) is 125 cm³/mol. The summed E-state index contributed by atoms with van der Waals surface area (Å²) in [7, 11) is -4.06. The van der Waals surface area contributed by atoms with E-state index in [0.717, 1.165) is 3.57 Å². The molecule has 0 saturated carbocycles. The number of amides is 1. The van der Waals surface area contributed by atoms with E-state index in [9.17, 15) is 18.0 Å². The lowest BCUT2D eigenvalue weighted by atomic mass is 10.1. The Balaban J connectivity index is 1.64. The van der Waals surface area contributed by atoms with Crippen molar-refractivity contribution in [3.63, 3.8) is 0 Å². The van der Waals surface area contributed by atoms with Gasteiger partial charge in [-0.25, -0.2) is 8.42 Å². The van der Waals surface area contributed by atoms with E-state index in [1.807, 2.05) is 6.07 Å². The summed E-state index contributed by atoms with van der Waals surface area (Å²) in [6.07, 6.45) is 0. The zero-order chi connectivity index (χ0) is 23.3. The third-order valence-electron chi connectivity index (χ3n) is 4.48. The first-order valence-electron chi connectivity index (χ1n) is 9.80. The Labute approximate surface area is 200 Å². The van der Waals surface area contributed by atoms with E-state index >= 15 is 0 Å². The van der Waals surface area contributed by atoms with Crippen molar-refractivity contribution in [3.05, 3.63) is 46.0 Å². The number of esters is 1. The summed E-state index contributed by atoms with van der Waals surface area (Å²) in [6, 6.07) is 10.2. The zero-order valence-electron chi connectivity index (χ0n) is 17.5. The molecule has 2 aromatic rings. The lowest BCUT2D eigenvalue weighted by Gasteiger charge is -2.22. The molecule has 1 amide bonds. The SMILES string of the molecule is CC(C)[C@@H](NS(=O)(=O)c1ccc2c(c1)OCCO2)C(=O)OCC(=O)Nc1cccc(I)c1. The van der Waals surface area contributed by atoms with E-state index in [4.69, 9.17) is 14.2 Å². The summed E-state index contributed by atoms with van der Waals surface area (Å²) in [4.78, 5) is 24.6. The van der Waals surface area contributed by atoms with Gasteiger partial charge in [-0.1, -0.05) is 19.9 Å². The molecule has 2 N–H and O–H groups in total. The summed E-state index contributed by atoms with van der Waals surface area (Å²) in [5.74, 6) is -1.03. The highest BCUT2D eigenvalue weighted by Gasteiger charge is 2.31. The van der Waals surface area contributed by atoms with E-state index in [1.165, 1.54) is 18.2 Å². The lowest BCUT2D eigenvalue weighted by molar-refractivity contribution is -0.150. The fourth-order valence-corrected chi connectivity index (χ4v) is 4.76. The van der Waals surface area contributed by atoms with Gasteiger partial charge in [-0.3, -0.25) is 9.59 Å². The van der Waals surface area contributed by atoms with Crippen LogP contribution in [0.1, 0.15) is 13.8 Å². The molecule has 1 aliphatic rings. The molecule has 0 bridgehead atoms. The van der Waals surface area contributed by atoms with Crippen molar-refractivity contribution in [1.82, 2.24) is 4.72 Å². The van der Waals surface area contributed by atoms with Crippen LogP contribution in [0.3, 0.4) is 0 Å². The molecule has 172 valence electrons. The molecule has 2 aromatic carbocycles. The lowest BCUT2D eigenvalue weighted by Crippen LogP contribution is -2.45. The molecule has 0 aliphatic carbocycles. The first-order chi connectivity index (χ1) is 15.2. The molecule has 9 nitrogen and oxygen atoms in total. The Hall–Kier alpha value is -2.38. The maximum atomic E-state index is 12.9. The summed E-state index contributed by atoms with van der Waals surface area (Å²) in [6.45, 7) is 3.50. The van der Waals surface area contributed by atoms with E-state index < -0.39 is 40.5 Å². The fraction of sp³-hybridized carbons (Fsp3) is 0.333. The molecule has 0 spiro atoms.